The van der Waals surface area contributed by atoms with E-state index < -0.39 is 0 Å². The number of hydrogen-bond acceptors (Lipinski definition) is 3. The van der Waals surface area contributed by atoms with E-state index >= 15 is 0 Å². The largest absolute Gasteiger partial charge is 0.309 e. The topological polar surface area (TPSA) is 45.8 Å². The standard InChI is InChI=1S/C14H12BrFN2OS/c15-12-13(8-5-6-8)17-11(18-14(12)19)7-20-10-4-2-1-3-9(10)16/h1-4,8H,5-7H2,(H,17,18,19). The van der Waals surface area contributed by atoms with Gasteiger partial charge in [0.15, 0.2) is 0 Å². The highest BCUT2D eigenvalue weighted by Crippen LogP contribution is 2.41. The first-order chi connectivity index (χ1) is 9.65. The van der Waals surface area contributed by atoms with Crippen molar-refractivity contribution in [1.82, 2.24) is 9.97 Å². The van der Waals surface area contributed by atoms with Crippen LogP contribution in [0.2, 0.25) is 0 Å². The first-order valence-corrected chi connectivity index (χ1v) is 8.09. The molecule has 1 aliphatic carbocycles. The maximum absolute atomic E-state index is 13.5. The van der Waals surface area contributed by atoms with Gasteiger partial charge in [-0.2, -0.15) is 0 Å². The summed E-state index contributed by atoms with van der Waals surface area (Å²) in [6.07, 6.45) is 2.16. The van der Waals surface area contributed by atoms with E-state index in [9.17, 15) is 9.18 Å². The number of benzene rings is 1. The van der Waals surface area contributed by atoms with E-state index in [1.54, 1.807) is 18.2 Å². The zero-order chi connectivity index (χ0) is 14.1. The van der Waals surface area contributed by atoms with Gasteiger partial charge >= 0.3 is 0 Å². The Hall–Kier alpha value is -1.14. The van der Waals surface area contributed by atoms with Crippen LogP contribution in [0.25, 0.3) is 0 Å². The van der Waals surface area contributed by atoms with Crippen LogP contribution in [0, 0.1) is 5.82 Å². The van der Waals surface area contributed by atoms with Crippen LogP contribution in [0.4, 0.5) is 4.39 Å². The molecule has 104 valence electrons. The molecule has 0 radical (unpaired) electrons. The summed E-state index contributed by atoms with van der Waals surface area (Å²) in [6.45, 7) is 0. The minimum Gasteiger partial charge on any atom is -0.309 e. The SMILES string of the molecule is O=c1[nH]c(CSc2ccccc2F)nc(C2CC2)c1Br. The average Bonchev–Trinajstić information content (AvgIpc) is 3.26. The van der Waals surface area contributed by atoms with Gasteiger partial charge < -0.3 is 4.98 Å². The summed E-state index contributed by atoms with van der Waals surface area (Å²) in [4.78, 5) is 19.6. The van der Waals surface area contributed by atoms with Gasteiger partial charge in [0.05, 0.1) is 11.4 Å². The van der Waals surface area contributed by atoms with E-state index in [4.69, 9.17) is 0 Å². The predicted octanol–water partition coefficient (Wildman–Crippen LogP) is 3.84. The highest BCUT2D eigenvalue weighted by Gasteiger charge is 2.28. The molecule has 0 saturated heterocycles. The zero-order valence-corrected chi connectivity index (χ0v) is 12.9. The van der Waals surface area contributed by atoms with E-state index in [1.165, 1.54) is 17.8 Å². The Morgan fingerprint density at radius 1 is 1.40 bits per heavy atom. The van der Waals surface area contributed by atoms with Crippen LogP contribution in [0.5, 0.6) is 0 Å². The fraction of sp³-hybridized carbons (Fsp3) is 0.286. The molecule has 0 spiro atoms. The molecule has 1 aromatic heterocycles. The molecular weight excluding hydrogens is 343 g/mol. The number of hydrogen-bond donors (Lipinski definition) is 1. The Bertz CT molecular complexity index is 700. The van der Waals surface area contributed by atoms with E-state index in [0.717, 1.165) is 18.5 Å². The summed E-state index contributed by atoms with van der Waals surface area (Å²) in [5.74, 6) is 1.18. The Kier molecular flexibility index (Phi) is 3.94. The Morgan fingerprint density at radius 3 is 2.85 bits per heavy atom. The van der Waals surface area contributed by atoms with Crippen molar-refractivity contribution in [2.24, 2.45) is 0 Å². The third-order valence-electron chi connectivity index (χ3n) is 3.10. The lowest BCUT2D eigenvalue weighted by Gasteiger charge is -2.06. The van der Waals surface area contributed by atoms with Gasteiger partial charge in [-0.15, -0.1) is 11.8 Å². The number of aromatic nitrogens is 2. The van der Waals surface area contributed by atoms with Gasteiger partial charge in [-0.25, -0.2) is 9.37 Å². The molecule has 1 aliphatic rings. The molecule has 1 saturated carbocycles. The number of nitrogens with zero attached hydrogens (tertiary/aromatic N) is 1. The third kappa shape index (κ3) is 2.96. The second-order valence-electron chi connectivity index (χ2n) is 4.71. The van der Waals surface area contributed by atoms with Crippen LogP contribution in [0.15, 0.2) is 38.4 Å². The number of aromatic amines is 1. The normalized spacial score (nSPS) is 14.5. The monoisotopic (exact) mass is 354 g/mol. The zero-order valence-electron chi connectivity index (χ0n) is 10.5. The summed E-state index contributed by atoms with van der Waals surface area (Å²) >= 11 is 4.62. The van der Waals surface area contributed by atoms with Crippen molar-refractivity contribution in [1.29, 1.82) is 0 Å². The van der Waals surface area contributed by atoms with Crippen LogP contribution in [0.3, 0.4) is 0 Å². The first-order valence-electron chi connectivity index (χ1n) is 6.31. The van der Waals surface area contributed by atoms with Crippen LogP contribution in [-0.4, -0.2) is 9.97 Å². The molecule has 1 fully saturated rings. The summed E-state index contributed by atoms with van der Waals surface area (Å²) < 4.78 is 14.1. The molecule has 3 rings (SSSR count). The Morgan fingerprint density at radius 2 is 2.15 bits per heavy atom. The molecule has 6 heteroatoms. The summed E-state index contributed by atoms with van der Waals surface area (Å²) in [6, 6.07) is 6.59. The fourth-order valence-electron chi connectivity index (χ4n) is 1.93. The maximum atomic E-state index is 13.5. The fourth-order valence-corrected chi connectivity index (χ4v) is 3.25. The number of nitrogens with one attached hydrogen (secondary N) is 1. The van der Waals surface area contributed by atoms with Crippen molar-refractivity contribution in [3.63, 3.8) is 0 Å². The highest BCUT2D eigenvalue weighted by atomic mass is 79.9. The van der Waals surface area contributed by atoms with E-state index in [2.05, 4.69) is 25.9 Å². The number of rotatable bonds is 4. The van der Waals surface area contributed by atoms with Crippen LogP contribution in [-0.2, 0) is 5.75 Å². The van der Waals surface area contributed by atoms with Gasteiger partial charge in [0, 0.05) is 10.8 Å². The van der Waals surface area contributed by atoms with E-state index in [1.807, 2.05) is 0 Å². The molecule has 2 aromatic rings. The van der Waals surface area contributed by atoms with Gasteiger partial charge in [-0.1, -0.05) is 12.1 Å². The summed E-state index contributed by atoms with van der Waals surface area (Å²) in [7, 11) is 0. The Balaban J connectivity index is 1.81. The van der Waals surface area contributed by atoms with E-state index in [0.29, 0.717) is 26.9 Å². The smallest absolute Gasteiger partial charge is 0.265 e. The predicted molar refractivity (Wildman–Crippen MR) is 80.5 cm³/mol. The van der Waals surface area contributed by atoms with Crippen LogP contribution >= 0.6 is 27.7 Å². The Labute approximate surface area is 128 Å². The molecule has 3 nitrogen and oxygen atoms in total. The molecule has 0 aliphatic heterocycles. The molecule has 1 N–H and O–H groups in total. The van der Waals surface area contributed by atoms with Gasteiger partial charge in [0.1, 0.15) is 16.1 Å². The molecular formula is C14H12BrFN2OS. The molecule has 1 aromatic carbocycles. The maximum Gasteiger partial charge on any atom is 0.265 e. The molecule has 0 bridgehead atoms. The van der Waals surface area contributed by atoms with Crippen LogP contribution < -0.4 is 5.56 Å². The van der Waals surface area contributed by atoms with Crippen molar-refractivity contribution in [2.75, 3.05) is 0 Å². The molecule has 20 heavy (non-hydrogen) atoms. The highest BCUT2D eigenvalue weighted by molar-refractivity contribution is 9.10. The second kappa shape index (κ2) is 5.69. The van der Waals surface area contributed by atoms with E-state index in [-0.39, 0.29) is 11.4 Å². The average molecular weight is 355 g/mol. The minimum absolute atomic E-state index is 0.161. The summed E-state index contributed by atoms with van der Waals surface area (Å²) in [5.41, 5.74) is 0.670. The lowest BCUT2D eigenvalue weighted by molar-refractivity contribution is 0.602. The second-order valence-corrected chi connectivity index (χ2v) is 6.52. The minimum atomic E-state index is -0.251. The van der Waals surface area contributed by atoms with Crippen molar-refractivity contribution >= 4 is 27.7 Å². The number of halogens is 2. The molecule has 0 atom stereocenters. The van der Waals surface area contributed by atoms with Gasteiger partial charge in [0.25, 0.3) is 5.56 Å². The lowest BCUT2D eigenvalue weighted by Crippen LogP contribution is -2.14. The number of thioether (sulfide) groups is 1. The quantitative estimate of drug-likeness (QED) is 0.848. The summed E-state index contributed by atoms with van der Waals surface area (Å²) in [5, 5.41) is 0. The molecule has 0 amide bonds. The van der Waals surface area contributed by atoms with Gasteiger partial charge in [0.2, 0.25) is 0 Å². The van der Waals surface area contributed by atoms with Gasteiger partial charge in [-0.05, 0) is 40.9 Å². The van der Waals surface area contributed by atoms with Crippen molar-refractivity contribution in [2.45, 2.75) is 29.4 Å². The first kappa shape index (κ1) is 13.8. The lowest BCUT2D eigenvalue weighted by atomic mass is 10.3. The van der Waals surface area contributed by atoms with Crippen molar-refractivity contribution in [3.8, 4) is 0 Å². The van der Waals surface area contributed by atoms with Crippen molar-refractivity contribution < 1.29 is 4.39 Å². The molecule has 0 unspecified atom stereocenters. The number of H-pyrrole nitrogens is 1. The van der Waals surface area contributed by atoms with Crippen LogP contribution in [0.1, 0.15) is 30.3 Å². The van der Waals surface area contributed by atoms with Crippen molar-refractivity contribution in [3.05, 3.63) is 56.4 Å². The third-order valence-corrected chi connectivity index (χ3v) is 4.93. The molecule has 1 heterocycles. The van der Waals surface area contributed by atoms with Gasteiger partial charge in [-0.3, -0.25) is 4.79 Å².